The minimum atomic E-state index is -0.355. The summed E-state index contributed by atoms with van der Waals surface area (Å²) in [7, 11) is 4.01. The third-order valence-electron chi connectivity index (χ3n) is 6.52. The standard InChI is InChI=1S/C27H30N4O3/c1-4-17-34-23-11-7-20(8-12-23)24-25(30(3)21-13-15-29(2)16-14-21)27(33)31(26(24)32)22-9-5-19(18-28)6-10-22/h5-12,21H,4,13-17H2,1-3H3. The van der Waals surface area contributed by atoms with Crippen LogP contribution in [0.25, 0.3) is 5.57 Å². The molecule has 34 heavy (non-hydrogen) atoms. The van der Waals surface area contributed by atoms with Crippen LogP contribution in [-0.2, 0) is 9.59 Å². The minimum Gasteiger partial charge on any atom is -0.494 e. The molecule has 2 heterocycles. The van der Waals surface area contributed by atoms with Crippen LogP contribution in [0.2, 0.25) is 0 Å². The summed E-state index contributed by atoms with van der Waals surface area (Å²) in [6.07, 6.45) is 2.75. The molecule has 2 aliphatic heterocycles. The van der Waals surface area contributed by atoms with E-state index >= 15 is 0 Å². The summed E-state index contributed by atoms with van der Waals surface area (Å²) >= 11 is 0. The van der Waals surface area contributed by atoms with Crippen molar-refractivity contribution in [2.75, 3.05) is 38.7 Å². The second kappa shape index (κ2) is 10.1. The highest BCUT2D eigenvalue weighted by atomic mass is 16.5. The van der Waals surface area contributed by atoms with E-state index in [1.807, 2.05) is 43.1 Å². The van der Waals surface area contributed by atoms with Crippen molar-refractivity contribution in [3.05, 3.63) is 65.4 Å². The van der Waals surface area contributed by atoms with Gasteiger partial charge in [0.2, 0.25) is 0 Å². The van der Waals surface area contributed by atoms with Crippen LogP contribution in [-0.4, -0.2) is 61.4 Å². The third-order valence-corrected chi connectivity index (χ3v) is 6.52. The van der Waals surface area contributed by atoms with Crippen molar-refractivity contribution in [3.63, 3.8) is 0 Å². The van der Waals surface area contributed by atoms with Crippen LogP contribution in [0.4, 0.5) is 5.69 Å². The lowest BCUT2D eigenvalue weighted by Crippen LogP contribution is -2.43. The van der Waals surface area contributed by atoms with Crippen molar-refractivity contribution in [3.8, 4) is 11.8 Å². The molecule has 0 spiro atoms. The number of anilines is 1. The molecule has 176 valence electrons. The van der Waals surface area contributed by atoms with Gasteiger partial charge in [-0.05, 0) is 81.4 Å². The number of nitriles is 1. The average Bonchev–Trinajstić information content (AvgIpc) is 3.12. The Kier molecular flexibility index (Phi) is 6.99. The fourth-order valence-electron chi connectivity index (χ4n) is 4.53. The first-order valence-electron chi connectivity index (χ1n) is 11.7. The van der Waals surface area contributed by atoms with Gasteiger partial charge in [-0.15, -0.1) is 0 Å². The average molecular weight is 459 g/mol. The smallest absolute Gasteiger partial charge is 0.282 e. The van der Waals surface area contributed by atoms with E-state index in [4.69, 9.17) is 10.00 Å². The number of carbonyl (C=O) groups excluding carboxylic acids is 2. The van der Waals surface area contributed by atoms with Crippen molar-refractivity contribution in [1.82, 2.24) is 9.80 Å². The lowest BCUT2D eigenvalue weighted by molar-refractivity contribution is -0.120. The maximum Gasteiger partial charge on any atom is 0.282 e. The summed E-state index contributed by atoms with van der Waals surface area (Å²) in [5, 5.41) is 9.12. The van der Waals surface area contributed by atoms with Crippen molar-refractivity contribution in [2.24, 2.45) is 0 Å². The monoisotopic (exact) mass is 458 g/mol. The molecule has 0 bridgehead atoms. The van der Waals surface area contributed by atoms with Gasteiger partial charge in [-0.1, -0.05) is 19.1 Å². The van der Waals surface area contributed by atoms with E-state index in [1.165, 1.54) is 4.90 Å². The number of rotatable bonds is 7. The predicted octanol–water partition coefficient (Wildman–Crippen LogP) is 3.66. The van der Waals surface area contributed by atoms with Gasteiger partial charge >= 0.3 is 0 Å². The van der Waals surface area contributed by atoms with Gasteiger partial charge in [-0.25, -0.2) is 4.90 Å². The van der Waals surface area contributed by atoms with Gasteiger partial charge in [0.15, 0.2) is 0 Å². The molecule has 0 saturated carbocycles. The molecular formula is C27H30N4O3. The fraction of sp³-hybridized carbons (Fsp3) is 0.370. The summed E-state index contributed by atoms with van der Waals surface area (Å²) in [5.41, 5.74) is 2.45. The molecular weight excluding hydrogens is 428 g/mol. The number of benzene rings is 2. The largest absolute Gasteiger partial charge is 0.494 e. The molecule has 2 aromatic carbocycles. The SMILES string of the molecule is CCCOc1ccc(C2=C(N(C)C3CCN(C)CC3)C(=O)N(c3ccc(C#N)cc3)C2=O)cc1. The van der Waals surface area contributed by atoms with E-state index in [1.54, 1.807) is 24.3 Å². The topological polar surface area (TPSA) is 76.9 Å². The van der Waals surface area contributed by atoms with Crippen LogP contribution >= 0.6 is 0 Å². The number of piperidine rings is 1. The molecule has 1 saturated heterocycles. The molecule has 2 amide bonds. The Morgan fingerprint density at radius 1 is 1.03 bits per heavy atom. The first-order valence-corrected chi connectivity index (χ1v) is 11.7. The zero-order valence-electron chi connectivity index (χ0n) is 20.0. The second-order valence-electron chi connectivity index (χ2n) is 8.85. The first kappa shape index (κ1) is 23.5. The normalized spacial score (nSPS) is 17.3. The Labute approximate surface area is 200 Å². The molecule has 0 radical (unpaired) electrons. The summed E-state index contributed by atoms with van der Waals surface area (Å²) in [6.45, 7) is 4.56. The minimum absolute atomic E-state index is 0.172. The highest BCUT2D eigenvalue weighted by Crippen LogP contribution is 2.36. The summed E-state index contributed by atoms with van der Waals surface area (Å²) < 4.78 is 5.69. The van der Waals surface area contributed by atoms with E-state index in [0.717, 1.165) is 38.1 Å². The molecule has 0 unspecified atom stereocenters. The Balaban J connectivity index is 1.73. The van der Waals surface area contributed by atoms with E-state index in [0.29, 0.717) is 34.7 Å². The summed E-state index contributed by atoms with van der Waals surface area (Å²) in [5.74, 6) is 0.0429. The molecule has 0 aromatic heterocycles. The number of amides is 2. The second-order valence-corrected chi connectivity index (χ2v) is 8.85. The first-order chi connectivity index (χ1) is 16.4. The molecule has 1 fully saturated rings. The van der Waals surface area contributed by atoms with E-state index in [-0.39, 0.29) is 17.9 Å². The van der Waals surface area contributed by atoms with E-state index in [2.05, 4.69) is 18.0 Å². The van der Waals surface area contributed by atoms with Gasteiger partial charge in [0.05, 0.1) is 29.5 Å². The van der Waals surface area contributed by atoms with E-state index in [9.17, 15) is 9.59 Å². The van der Waals surface area contributed by atoms with Gasteiger partial charge in [-0.3, -0.25) is 9.59 Å². The molecule has 0 N–H and O–H groups in total. The number of ether oxygens (including phenoxy) is 1. The third kappa shape index (κ3) is 4.55. The van der Waals surface area contributed by atoms with Crippen LogP contribution in [0, 0.1) is 11.3 Å². The lowest BCUT2D eigenvalue weighted by atomic mass is 10.00. The fourth-order valence-corrected chi connectivity index (χ4v) is 4.53. The highest BCUT2D eigenvalue weighted by Gasteiger charge is 2.43. The van der Waals surface area contributed by atoms with Crippen molar-refractivity contribution in [2.45, 2.75) is 32.2 Å². The van der Waals surface area contributed by atoms with E-state index < -0.39 is 0 Å². The van der Waals surface area contributed by atoms with Crippen molar-refractivity contribution in [1.29, 1.82) is 5.26 Å². The maximum absolute atomic E-state index is 13.7. The molecule has 0 aliphatic carbocycles. The van der Waals surface area contributed by atoms with Gasteiger partial charge < -0.3 is 14.5 Å². The Bertz CT molecular complexity index is 1120. The van der Waals surface area contributed by atoms with Gasteiger partial charge in [0, 0.05) is 13.1 Å². The zero-order chi connectivity index (χ0) is 24.2. The predicted molar refractivity (Wildman–Crippen MR) is 131 cm³/mol. The van der Waals surface area contributed by atoms with Crippen molar-refractivity contribution >= 4 is 23.1 Å². The number of hydrogen-bond donors (Lipinski definition) is 0. The zero-order valence-corrected chi connectivity index (χ0v) is 20.0. The Morgan fingerprint density at radius 3 is 2.26 bits per heavy atom. The quantitative estimate of drug-likeness (QED) is 0.590. The highest BCUT2D eigenvalue weighted by molar-refractivity contribution is 6.45. The van der Waals surface area contributed by atoms with Gasteiger partial charge in [-0.2, -0.15) is 5.26 Å². The molecule has 2 aromatic rings. The van der Waals surface area contributed by atoms with Crippen LogP contribution in [0.3, 0.4) is 0 Å². The molecule has 0 atom stereocenters. The number of hydrogen-bond acceptors (Lipinski definition) is 6. The molecule has 7 nitrogen and oxygen atoms in total. The Hall–Kier alpha value is -3.63. The van der Waals surface area contributed by atoms with Crippen LogP contribution in [0.15, 0.2) is 54.2 Å². The number of likely N-dealkylation sites (N-methyl/N-ethyl adjacent to an activating group) is 1. The summed E-state index contributed by atoms with van der Waals surface area (Å²) in [4.78, 5) is 32.9. The van der Waals surface area contributed by atoms with Crippen LogP contribution in [0.1, 0.15) is 37.3 Å². The lowest BCUT2D eigenvalue weighted by Gasteiger charge is -2.36. The number of nitrogens with zero attached hydrogens (tertiary/aromatic N) is 4. The molecule has 2 aliphatic rings. The van der Waals surface area contributed by atoms with Gasteiger partial charge in [0.25, 0.3) is 11.8 Å². The summed E-state index contributed by atoms with van der Waals surface area (Å²) in [6, 6.07) is 16.1. The molecule has 7 heteroatoms. The number of likely N-dealkylation sites (tertiary alicyclic amines) is 1. The van der Waals surface area contributed by atoms with Gasteiger partial charge in [0.1, 0.15) is 11.4 Å². The Morgan fingerprint density at radius 2 is 1.68 bits per heavy atom. The number of carbonyl (C=O) groups is 2. The van der Waals surface area contributed by atoms with Crippen LogP contribution in [0.5, 0.6) is 5.75 Å². The van der Waals surface area contributed by atoms with Crippen molar-refractivity contribution < 1.29 is 14.3 Å². The van der Waals surface area contributed by atoms with Crippen LogP contribution < -0.4 is 9.64 Å². The maximum atomic E-state index is 13.7. The molecule has 4 rings (SSSR count). The number of imide groups is 1.